The zero-order valence-corrected chi connectivity index (χ0v) is 18.7. The van der Waals surface area contributed by atoms with Gasteiger partial charge >= 0.3 is 6.09 Å². The number of carbonyl (C=O) groups is 1. The molecule has 1 spiro atoms. The number of ether oxygens (including phenoxy) is 2. The smallest absolute Gasteiger partial charge is 0.410 e. The minimum atomic E-state index is -0.527. The molecule has 2 fully saturated rings. The molecule has 31 heavy (non-hydrogen) atoms. The van der Waals surface area contributed by atoms with E-state index in [2.05, 4.69) is 10.1 Å². The Kier molecular flexibility index (Phi) is 5.45. The molecule has 0 unspecified atom stereocenters. The number of hydrogen-bond donors (Lipinski definition) is 1. The first kappa shape index (κ1) is 21.6. The summed E-state index contributed by atoms with van der Waals surface area (Å²) in [4.78, 5) is 20.6. The van der Waals surface area contributed by atoms with Crippen molar-refractivity contribution in [1.29, 1.82) is 0 Å². The molecule has 2 aromatic heterocycles. The van der Waals surface area contributed by atoms with E-state index in [9.17, 15) is 9.18 Å². The summed E-state index contributed by atoms with van der Waals surface area (Å²) in [7, 11) is 0. The maximum Gasteiger partial charge on any atom is 0.410 e. The number of rotatable bonds is 2. The number of nitrogens with zero attached hydrogens (tertiary/aromatic N) is 5. The molecule has 2 N–H and O–H groups in total. The highest BCUT2D eigenvalue weighted by molar-refractivity contribution is 5.87. The molecule has 0 aromatic carbocycles. The van der Waals surface area contributed by atoms with Crippen LogP contribution in [0.15, 0.2) is 6.07 Å². The Balaban J connectivity index is 1.51. The molecule has 0 aliphatic carbocycles. The molecule has 9 nitrogen and oxygen atoms in total. The summed E-state index contributed by atoms with van der Waals surface area (Å²) in [6.45, 7) is 10.7. The fourth-order valence-corrected chi connectivity index (χ4v) is 4.28. The highest BCUT2D eigenvalue weighted by Crippen LogP contribution is 2.34. The first-order chi connectivity index (χ1) is 14.6. The molecule has 4 rings (SSSR count). The Hall–Kier alpha value is -2.62. The van der Waals surface area contributed by atoms with Crippen LogP contribution in [0.2, 0.25) is 0 Å². The number of hydrogen-bond acceptors (Lipinski definition) is 7. The molecule has 2 aliphatic heterocycles. The lowest BCUT2D eigenvalue weighted by molar-refractivity contribution is -0.0914. The minimum absolute atomic E-state index is 0.280. The van der Waals surface area contributed by atoms with Crippen LogP contribution >= 0.6 is 0 Å². The third-order valence-electron chi connectivity index (χ3n) is 5.86. The summed E-state index contributed by atoms with van der Waals surface area (Å²) in [5, 5.41) is 4.77. The minimum Gasteiger partial charge on any atom is -0.444 e. The summed E-state index contributed by atoms with van der Waals surface area (Å²) in [6, 6.07) is 1.42. The highest BCUT2D eigenvalue weighted by Gasteiger charge is 2.42. The first-order valence-corrected chi connectivity index (χ1v) is 10.8. The van der Waals surface area contributed by atoms with E-state index in [1.807, 2.05) is 32.6 Å². The molecule has 2 aliphatic rings. The Labute approximate surface area is 181 Å². The van der Waals surface area contributed by atoms with E-state index in [1.165, 1.54) is 6.07 Å². The van der Waals surface area contributed by atoms with Crippen molar-refractivity contribution in [2.45, 2.75) is 58.3 Å². The molecule has 4 heterocycles. The molecule has 2 aromatic rings. The SMILES string of the molecule is CCn1nc(N)c2cc(F)c(N3CCOC4(CCN(C(=O)OC(C)(C)C)CC4)C3)nc21. The second-order valence-corrected chi connectivity index (χ2v) is 9.29. The third kappa shape index (κ3) is 4.26. The Bertz CT molecular complexity index is 978. The maximum atomic E-state index is 15.0. The van der Waals surface area contributed by atoms with Gasteiger partial charge < -0.3 is 25.0 Å². The number of pyridine rings is 1. The monoisotopic (exact) mass is 434 g/mol. The van der Waals surface area contributed by atoms with Crippen LogP contribution in [0.25, 0.3) is 11.0 Å². The van der Waals surface area contributed by atoms with Crippen molar-refractivity contribution in [3.05, 3.63) is 11.9 Å². The molecule has 1 amide bonds. The van der Waals surface area contributed by atoms with E-state index in [0.717, 1.165) is 0 Å². The quantitative estimate of drug-likeness (QED) is 0.776. The zero-order chi connectivity index (χ0) is 22.4. The summed E-state index contributed by atoms with van der Waals surface area (Å²) < 4.78 is 28.3. The van der Waals surface area contributed by atoms with E-state index in [4.69, 9.17) is 15.2 Å². The number of halogens is 1. The standard InChI is InChI=1S/C21H31FN6O3/c1-5-28-17-14(16(23)25-28)12-15(22)18(24-17)27-10-11-30-21(13-27)6-8-26(9-7-21)19(29)31-20(2,3)4/h12H,5-11,13H2,1-4H3,(H2,23,25). The predicted octanol–water partition coefficient (Wildman–Crippen LogP) is 2.78. The van der Waals surface area contributed by atoms with E-state index < -0.39 is 17.0 Å². The van der Waals surface area contributed by atoms with Crippen LogP contribution in [0.4, 0.5) is 20.8 Å². The lowest BCUT2D eigenvalue weighted by Crippen LogP contribution is -2.58. The summed E-state index contributed by atoms with van der Waals surface area (Å²) in [5.74, 6) is 0.153. The number of piperidine rings is 1. The van der Waals surface area contributed by atoms with Crippen molar-refractivity contribution < 1.29 is 18.7 Å². The van der Waals surface area contributed by atoms with E-state index >= 15 is 0 Å². The van der Waals surface area contributed by atoms with Gasteiger partial charge in [-0.15, -0.1) is 0 Å². The predicted molar refractivity (Wildman–Crippen MR) is 116 cm³/mol. The van der Waals surface area contributed by atoms with Gasteiger partial charge in [0.2, 0.25) is 0 Å². The van der Waals surface area contributed by atoms with Gasteiger partial charge in [-0.05, 0) is 46.6 Å². The van der Waals surface area contributed by atoms with E-state index in [0.29, 0.717) is 69.0 Å². The van der Waals surface area contributed by atoms with Crippen molar-refractivity contribution in [2.75, 3.05) is 43.4 Å². The largest absolute Gasteiger partial charge is 0.444 e. The lowest BCUT2D eigenvalue weighted by Gasteiger charge is -2.47. The van der Waals surface area contributed by atoms with E-state index in [-0.39, 0.29) is 11.9 Å². The van der Waals surface area contributed by atoms with Crippen LogP contribution in [0.3, 0.4) is 0 Å². The first-order valence-electron chi connectivity index (χ1n) is 10.8. The topological polar surface area (TPSA) is 98.7 Å². The van der Waals surface area contributed by atoms with Gasteiger partial charge in [-0.1, -0.05) is 0 Å². The van der Waals surface area contributed by atoms with Gasteiger partial charge in [-0.2, -0.15) is 5.10 Å². The van der Waals surface area contributed by atoms with Crippen LogP contribution in [0.1, 0.15) is 40.5 Å². The molecule has 170 valence electrons. The van der Waals surface area contributed by atoms with Crippen LogP contribution in [0.5, 0.6) is 0 Å². The van der Waals surface area contributed by atoms with Gasteiger partial charge in [0, 0.05) is 32.7 Å². The number of morpholine rings is 1. The molecule has 2 saturated heterocycles. The fourth-order valence-electron chi connectivity index (χ4n) is 4.28. The van der Waals surface area contributed by atoms with Gasteiger partial charge in [-0.25, -0.2) is 18.9 Å². The van der Waals surface area contributed by atoms with Gasteiger partial charge in [0.1, 0.15) is 5.60 Å². The number of nitrogens with two attached hydrogens (primary N) is 1. The Morgan fingerprint density at radius 1 is 1.32 bits per heavy atom. The molecular formula is C21H31FN6O3. The number of nitrogen functional groups attached to an aromatic ring is 1. The van der Waals surface area contributed by atoms with Crippen LogP contribution < -0.4 is 10.6 Å². The maximum absolute atomic E-state index is 15.0. The third-order valence-corrected chi connectivity index (χ3v) is 5.86. The molecule has 0 atom stereocenters. The second-order valence-electron chi connectivity index (χ2n) is 9.29. The average molecular weight is 435 g/mol. The van der Waals surface area contributed by atoms with Gasteiger partial charge in [0.15, 0.2) is 23.1 Å². The molecular weight excluding hydrogens is 403 g/mol. The van der Waals surface area contributed by atoms with Crippen molar-refractivity contribution in [3.8, 4) is 0 Å². The summed E-state index contributed by atoms with van der Waals surface area (Å²) >= 11 is 0. The highest BCUT2D eigenvalue weighted by atomic mass is 19.1. The normalized spacial score (nSPS) is 19.3. The zero-order valence-electron chi connectivity index (χ0n) is 18.7. The molecule has 0 bridgehead atoms. The lowest BCUT2D eigenvalue weighted by atomic mass is 9.89. The molecule has 10 heteroatoms. The number of amides is 1. The van der Waals surface area contributed by atoms with Crippen molar-refractivity contribution in [2.24, 2.45) is 0 Å². The number of aryl methyl sites for hydroxylation is 1. The summed E-state index contributed by atoms with van der Waals surface area (Å²) in [5.41, 5.74) is 5.54. The van der Waals surface area contributed by atoms with Gasteiger partial charge in [0.25, 0.3) is 0 Å². The van der Waals surface area contributed by atoms with E-state index in [1.54, 1.807) is 9.58 Å². The fraction of sp³-hybridized carbons (Fsp3) is 0.667. The number of likely N-dealkylation sites (tertiary alicyclic amines) is 1. The summed E-state index contributed by atoms with van der Waals surface area (Å²) in [6.07, 6.45) is 1.01. The van der Waals surface area contributed by atoms with Crippen LogP contribution in [0, 0.1) is 5.82 Å². The number of aromatic nitrogens is 3. The Morgan fingerprint density at radius 2 is 2.03 bits per heavy atom. The van der Waals surface area contributed by atoms with Crippen molar-refractivity contribution in [1.82, 2.24) is 19.7 Å². The van der Waals surface area contributed by atoms with Crippen LogP contribution in [-0.2, 0) is 16.0 Å². The molecule has 0 radical (unpaired) electrons. The number of carbonyl (C=O) groups excluding carboxylic acids is 1. The number of fused-ring (bicyclic) bond motifs is 1. The second kappa shape index (κ2) is 7.81. The van der Waals surface area contributed by atoms with Crippen LogP contribution in [-0.4, -0.2) is 69.7 Å². The average Bonchev–Trinajstić information content (AvgIpc) is 3.01. The van der Waals surface area contributed by atoms with Crippen molar-refractivity contribution in [3.63, 3.8) is 0 Å². The van der Waals surface area contributed by atoms with Gasteiger partial charge in [-0.3, -0.25) is 0 Å². The number of anilines is 2. The van der Waals surface area contributed by atoms with Gasteiger partial charge in [0.05, 0.1) is 17.6 Å². The van der Waals surface area contributed by atoms with Crippen molar-refractivity contribution >= 4 is 28.8 Å². The Morgan fingerprint density at radius 3 is 2.68 bits per heavy atom. The molecule has 0 saturated carbocycles.